The highest BCUT2D eigenvalue weighted by Crippen LogP contribution is 2.33. The van der Waals surface area contributed by atoms with Gasteiger partial charge in [0, 0.05) is 12.1 Å². The molecular formula is C10H9BrF2N2O3. The van der Waals surface area contributed by atoms with Crippen molar-refractivity contribution >= 4 is 27.5 Å². The second kappa shape index (κ2) is 4.43. The molecule has 1 aliphatic heterocycles. The molecule has 1 atom stereocenters. The van der Waals surface area contributed by atoms with Gasteiger partial charge < -0.3 is 9.52 Å². The first kappa shape index (κ1) is 13.2. The van der Waals surface area contributed by atoms with Gasteiger partial charge in [0.05, 0.1) is 0 Å². The number of hydrazone groups is 1. The summed E-state index contributed by atoms with van der Waals surface area (Å²) in [6.45, 7) is 1.46. The molecule has 1 N–H and O–H groups in total. The minimum absolute atomic E-state index is 0.181. The lowest BCUT2D eigenvalue weighted by Gasteiger charge is -2.29. The monoisotopic (exact) mass is 322 g/mol. The smallest absolute Gasteiger partial charge is 0.312 e. The third-order valence-corrected chi connectivity index (χ3v) is 2.91. The maximum Gasteiger partial charge on any atom is 0.312 e. The molecule has 0 radical (unpaired) electrons. The summed E-state index contributed by atoms with van der Waals surface area (Å²) in [6.07, 6.45) is -3.51. The van der Waals surface area contributed by atoms with E-state index in [4.69, 9.17) is 4.42 Å². The van der Waals surface area contributed by atoms with Crippen LogP contribution in [0, 0.1) is 0 Å². The first-order chi connectivity index (χ1) is 8.34. The highest BCUT2D eigenvalue weighted by molar-refractivity contribution is 9.10. The van der Waals surface area contributed by atoms with E-state index >= 15 is 0 Å². The molecule has 0 saturated carbocycles. The Morgan fingerprint density at radius 3 is 2.83 bits per heavy atom. The Bertz CT molecular complexity index is 517. The number of aliphatic hydroxyl groups is 1. The number of nitrogens with zero attached hydrogens (tertiary/aromatic N) is 2. The van der Waals surface area contributed by atoms with Crippen molar-refractivity contribution in [2.45, 2.75) is 25.5 Å². The third kappa shape index (κ3) is 2.05. The zero-order valence-electron chi connectivity index (χ0n) is 9.23. The van der Waals surface area contributed by atoms with E-state index in [9.17, 15) is 18.7 Å². The van der Waals surface area contributed by atoms with Crippen molar-refractivity contribution in [3.8, 4) is 0 Å². The Labute approximate surface area is 109 Å². The second-order valence-electron chi connectivity index (χ2n) is 3.91. The lowest BCUT2D eigenvalue weighted by atomic mass is 10.1. The van der Waals surface area contributed by atoms with Gasteiger partial charge in [-0.25, -0.2) is 8.78 Å². The summed E-state index contributed by atoms with van der Waals surface area (Å²) in [5, 5.41) is 13.8. The van der Waals surface area contributed by atoms with Crippen LogP contribution in [-0.2, 0) is 0 Å². The van der Waals surface area contributed by atoms with Gasteiger partial charge in [0.15, 0.2) is 10.4 Å². The van der Waals surface area contributed by atoms with Crippen molar-refractivity contribution in [3.05, 3.63) is 22.6 Å². The summed E-state index contributed by atoms with van der Waals surface area (Å²) >= 11 is 2.99. The largest absolute Gasteiger partial charge is 0.444 e. The number of hydrogen-bond donors (Lipinski definition) is 1. The molecule has 2 rings (SSSR count). The Morgan fingerprint density at radius 1 is 1.67 bits per heavy atom. The van der Waals surface area contributed by atoms with Crippen molar-refractivity contribution in [2.75, 3.05) is 0 Å². The molecule has 0 bridgehead atoms. The maximum atomic E-state index is 12.9. The fraction of sp³-hybridized carbons (Fsp3) is 0.400. The summed E-state index contributed by atoms with van der Waals surface area (Å²) < 4.78 is 31.0. The van der Waals surface area contributed by atoms with E-state index in [-0.39, 0.29) is 16.1 Å². The highest BCUT2D eigenvalue weighted by atomic mass is 79.9. The van der Waals surface area contributed by atoms with Crippen LogP contribution in [0.15, 0.2) is 26.3 Å². The van der Waals surface area contributed by atoms with E-state index in [1.54, 1.807) is 0 Å². The van der Waals surface area contributed by atoms with Crippen molar-refractivity contribution < 1.29 is 23.1 Å². The van der Waals surface area contributed by atoms with Gasteiger partial charge in [0.1, 0.15) is 0 Å². The number of halogens is 3. The molecule has 2 heterocycles. The number of amides is 1. The normalized spacial score (nSPS) is 23.7. The number of furan rings is 1. The van der Waals surface area contributed by atoms with Crippen LogP contribution in [0.25, 0.3) is 0 Å². The molecule has 1 aromatic heterocycles. The molecule has 98 valence electrons. The molecule has 1 amide bonds. The fourth-order valence-corrected chi connectivity index (χ4v) is 1.98. The van der Waals surface area contributed by atoms with Gasteiger partial charge in [0.25, 0.3) is 6.43 Å². The molecule has 5 nitrogen and oxygen atoms in total. The van der Waals surface area contributed by atoms with Gasteiger partial charge >= 0.3 is 5.91 Å². The Morgan fingerprint density at radius 2 is 2.33 bits per heavy atom. The van der Waals surface area contributed by atoms with Gasteiger partial charge in [0.2, 0.25) is 5.72 Å². The van der Waals surface area contributed by atoms with Crippen LogP contribution in [0.2, 0.25) is 0 Å². The molecule has 0 aliphatic carbocycles. The lowest BCUT2D eigenvalue weighted by Crippen LogP contribution is -2.51. The Hall–Kier alpha value is -1.28. The van der Waals surface area contributed by atoms with Gasteiger partial charge in [-0.15, -0.1) is 0 Å². The minimum Gasteiger partial charge on any atom is -0.444 e. The molecule has 0 aromatic carbocycles. The molecule has 18 heavy (non-hydrogen) atoms. The molecule has 1 aliphatic rings. The van der Waals surface area contributed by atoms with Crippen LogP contribution >= 0.6 is 15.9 Å². The topological polar surface area (TPSA) is 66.0 Å². The second-order valence-corrected chi connectivity index (χ2v) is 4.69. The number of rotatable bonds is 2. The van der Waals surface area contributed by atoms with Gasteiger partial charge in [-0.1, -0.05) is 0 Å². The van der Waals surface area contributed by atoms with E-state index in [2.05, 4.69) is 21.0 Å². The standard InChI is InChI=1S/C10H9BrF2N2O3/c1-5-4-10(17,9(12)13)15(14-5)8(16)6-2-3-7(11)18-6/h2-3,9,17H,4H2,1H3/t10-/m0/s1. The van der Waals surface area contributed by atoms with Crippen molar-refractivity contribution in [1.82, 2.24) is 5.01 Å². The van der Waals surface area contributed by atoms with E-state index in [1.165, 1.54) is 19.1 Å². The average molecular weight is 323 g/mol. The first-order valence-electron chi connectivity index (χ1n) is 4.99. The summed E-state index contributed by atoms with van der Waals surface area (Å²) in [7, 11) is 0. The summed E-state index contributed by atoms with van der Waals surface area (Å²) in [6, 6.07) is 2.75. The summed E-state index contributed by atoms with van der Waals surface area (Å²) in [4.78, 5) is 11.9. The summed E-state index contributed by atoms with van der Waals surface area (Å²) in [5.74, 6) is -1.10. The van der Waals surface area contributed by atoms with Crippen LogP contribution in [0.3, 0.4) is 0 Å². The van der Waals surface area contributed by atoms with E-state index in [0.717, 1.165) is 0 Å². The predicted octanol–water partition coefficient (Wildman–Crippen LogP) is 2.22. The molecule has 0 saturated heterocycles. The quantitative estimate of drug-likeness (QED) is 0.907. The van der Waals surface area contributed by atoms with Gasteiger partial charge in [-0.2, -0.15) is 10.1 Å². The lowest BCUT2D eigenvalue weighted by molar-refractivity contribution is -0.164. The third-order valence-electron chi connectivity index (χ3n) is 2.48. The minimum atomic E-state index is -3.12. The van der Waals surface area contributed by atoms with Gasteiger partial charge in [-0.05, 0) is 35.0 Å². The number of hydrogen-bond acceptors (Lipinski definition) is 4. The first-order valence-corrected chi connectivity index (χ1v) is 5.78. The van der Waals surface area contributed by atoms with Crippen LogP contribution in [0.5, 0.6) is 0 Å². The average Bonchev–Trinajstić information content (AvgIpc) is 2.82. The number of carbonyl (C=O) groups excluding carboxylic acids is 1. The van der Waals surface area contributed by atoms with Gasteiger partial charge in [-0.3, -0.25) is 4.79 Å². The number of carbonyl (C=O) groups is 1. The Balaban J connectivity index is 2.34. The molecule has 0 spiro atoms. The maximum absolute atomic E-state index is 12.9. The van der Waals surface area contributed by atoms with Crippen LogP contribution in [0.1, 0.15) is 23.9 Å². The van der Waals surface area contributed by atoms with Crippen LogP contribution in [-0.4, -0.2) is 33.9 Å². The van der Waals surface area contributed by atoms with Crippen molar-refractivity contribution in [2.24, 2.45) is 5.10 Å². The highest BCUT2D eigenvalue weighted by Gasteiger charge is 2.51. The summed E-state index contributed by atoms with van der Waals surface area (Å²) in [5.41, 5.74) is -2.36. The Kier molecular flexibility index (Phi) is 3.24. The molecule has 8 heteroatoms. The molecule has 1 aromatic rings. The zero-order valence-corrected chi connectivity index (χ0v) is 10.8. The van der Waals surface area contributed by atoms with E-state index in [0.29, 0.717) is 5.01 Å². The number of alkyl halides is 2. The van der Waals surface area contributed by atoms with Crippen molar-refractivity contribution in [1.29, 1.82) is 0 Å². The van der Waals surface area contributed by atoms with Crippen LogP contribution < -0.4 is 0 Å². The molecule has 0 unspecified atom stereocenters. The van der Waals surface area contributed by atoms with Crippen molar-refractivity contribution in [3.63, 3.8) is 0 Å². The molecule has 0 fully saturated rings. The molecular weight excluding hydrogens is 314 g/mol. The predicted molar refractivity (Wildman–Crippen MR) is 61.3 cm³/mol. The van der Waals surface area contributed by atoms with Crippen LogP contribution in [0.4, 0.5) is 8.78 Å². The SMILES string of the molecule is CC1=NN(C(=O)c2ccc(Br)o2)[C@@](O)(C(F)F)C1. The fourth-order valence-electron chi connectivity index (χ4n) is 1.67. The zero-order chi connectivity index (χ0) is 13.5. The van der Waals surface area contributed by atoms with E-state index < -0.39 is 24.5 Å². The van der Waals surface area contributed by atoms with E-state index in [1.807, 2.05) is 0 Å².